The van der Waals surface area contributed by atoms with Crippen molar-refractivity contribution in [3.8, 4) is 11.1 Å². The zero-order valence-electron chi connectivity index (χ0n) is 29.4. The molecular formula is C50H38N2. The van der Waals surface area contributed by atoms with E-state index in [4.69, 9.17) is 0 Å². The second kappa shape index (κ2) is 12.1. The Morgan fingerprint density at radius 2 is 1.06 bits per heavy atom. The number of nitrogens with zero attached hydrogens (tertiary/aromatic N) is 2. The van der Waals surface area contributed by atoms with Gasteiger partial charge in [-0.1, -0.05) is 159 Å². The van der Waals surface area contributed by atoms with Gasteiger partial charge in [-0.3, -0.25) is 0 Å². The minimum Gasteiger partial charge on any atom is -0.344 e. The van der Waals surface area contributed by atoms with Crippen LogP contribution in [0.15, 0.2) is 188 Å². The predicted octanol–water partition coefficient (Wildman–Crippen LogP) is 13.3. The highest BCUT2D eigenvalue weighted by Crippen LogP contribution is 2.44. The molecule has 0 heterocycles. The van der Waals surface area contributed by atoms with Crippen molar-refractivity contribution in [1.82, 2.24) is 0 Å². The van der Waals surface area contributed by atoms with Gasteiger partial charge in [0.1, 0.15) is 0 Å². The van der Waals surface area contributed by atoms with E-state index in [1.54, 1.807) is 0 Å². The Labute approximate surface area is 304 Å². The Morgan fingerprint density at radius 1 is 0.462 bits per heavy atom. The van der Waals surface area contributed by atoms with E-state index in [9.17, 15) is 0 Å². The fourth-order valence-corrected chi connectivity index (χ4v) is 8.76. The van der Waals surface area contributed by atoms with Crippen molar-refractivity contribution in [2.75, 3.05) is 16.8 Å². The first-order valence-electron chi connectivity index (χ1n) is 18.3. The molecule has 1 aliphatic rings. The third kappa shape index (κ3) is 4.79. The topological polar surface area (TPSA) is 6.48 Å². The Balaban J connectivity index is 1.07. The molecule has 0 bridgehead atoms. The maximum atomic E-state index is 2.55. The maximum absolute atomic E-state index is 2.55. The quantitative estimate of drug-likeness (QED) is 0.129. The molecule has 0 saturated carbocycles. The zero-order chi connectivity index (χ0) is 34.8. The van der Waals surface area contributed by atoms with Crippen LogP contribution in [0.1, 0.15) is 6.92 Å². The zero-order valence-corrected chi connectivity index (χ0v) is 29.4. The van der Waals surface area contributed by atoms with E-state index in [0.717, 1.165) is 0 Å². The van der Waals surface area contributed by atoms with E-state index in [0.29, 0.717) is 0 Å². The van der Waals surface area contributed by atoms with Crippen molar-refractivity contribution in [3.63, 3.8) is 0 Å². The van der Waals surface area contributed by atoms with Gasteiger partial charge in [-0.2, -0.15) is 0 Å². The minimum absolute atomic E-state index is 0.113. The second-order valence-corrected chi connectivity index (χ2v) is 14.2. The van der Waals surface area contributed by atoms with Gasteiger partial charge in [0.05, 0.1) is 6.04 Å². The number of likely N-dealkylation sites (N-methyl/N-ethyl adjacent to an activating group) is 1. The first-order valence-corrected chi connectivity index (χ1v) is 18.3. The molecule has 0 N–H and O–H groups in total. The fraction of sp³-hybridized carbons (Fsp3) is 0.0800. The summed E-state index contributed by atoms with van der Waals surface area (Å²) in [4.78, 5) is 4.93. The first kappa shape index (κ1) is 30.4. The summed E-state index contributed by atoms with van der Waals surface area (Å²) in [5.41, 5.74) is 7.26. The molecule has 1 aliphatic carbocycles. The van der Waals surface area contributed by atoms with Gasteiger partial charge in [0.25, 0.3) is 0 Å². The van der Waals surface area contributed by atoms with Gasteiger partial charge in [-0.15, -0.1) is 0 Å². The molecule has 0 fully saturated rings. The van der Waals surface area contributed by atoms with Crippen LogP contribution in [0.5, 0.6) is 0 Å². The minimum atomic E-state index is 0.113. The Kier molecular flexibility index (Phi) is 7.11. The molecule has 0 aliphatic heterocycles. The Bertz CT molecular complexity index is 2790. The molecule has 248 valence electrons. The number of rotatable bonds is 6. The number of fused-ring (bicyclic) bond motifs is 3. The molecule has 0 radical (unpaired) electrons. The first-order chi connectivity index (χ1) is 25.6. The van der Waals surface area contributed by atoms with Gasteiger partial charge in [-0.05, 0) is 84.6 Å². The molecule has 0 aromatic heterocycles. The van der Waals surface area contributed by atoms with Gasteiger partial charge >= 0.3 is 0 Å². The van der Waals surface area contributed by atoms with Crippen LogP contribution in [0.3, 0.4) is 0 Å². The van der Waals surface area contributed by atoms with Crippen molar-refractivity contribution < 1.29 is 0 Å². The number of hydrogen-bond donors (Lipinski definition) is 0. The highest BCUT2D eigenvalue weighted by Gasteiger charge is 2.28. The van der Waals surface area contributed by atoms with Crippen molar-refractivity contribution in [1.29, 1.82) is 0 Å². The lowest BCUT2D eigenvalue weighted by molar-refractivity contribution is 0.604. The van der Waals surface area contributed by atoms with Crippen molar-refractivity contribution in [3.05, 3.63) is 188 Å². The summed E-state index contributed by atoms with van der Waals surface area (Å²) in [6, 6.07) is 60.1. The van der Waals surface area contributed by atoms with Crippen LogP contribution in [-0.2, 0) is 0 Å². The Hall–Kier alpha value is -6.38. The normalized spacial score (nSPS) is 15.9. The van der Waals surface area contributed by atoms with E-state index in [1.807, 2.05) is 0 Å². The number of hydrogen-bond acceptors (Lipinski definition) is 2. The fourth-order valence-electron chi connectivity index (χ4n) is 8.76. The number of anilines is 3. The molecule has 2 nitrogen and oxygen atoms in total. The maximum Gasteiger partial charge on any atom is 0.0587 e. The smallest absolute Gasteiger partial charge is 0.0587 e. The van der Waals surface area contributed by atoms with E-state index in [2.05, 4.69) is 206 Å². The lowest BCUT2D eigenvalue weighted by Gasteiger charge is -2.38. The molecule has 0 spiro atoms. The van der Waals surface area contributed by atoms with Gasteiger partial charge in [0.2, 0.25) is 0 Å². The molecular weight excluding hydrogens is 629 g/mol. The van der Waals surface area contributed by atoms with E-state index in [1.165, 1.54) is 87.7 Å². The van der Waals surface area contributed by atoms with E-state index >= 15 is 0 Å². The molecule has 9 aromatic carbocycles. The van der Waals surface area contributed by atoms with Crippen LogP contribution in [0.4, 0.5) is 17.1 Å². The molecule has 10 rings (SSSR count). The molecule has 2 heteroatoms. The molecule has 2 unspecified atom stereocenters. The summed E-state index contributed by atoms with van der Waals surface area (Å²) in [6.45, 7) is 2.36. The lowest BCUT2D eigenvalue weighted by Crippen LogP contribution is -2.37. The third-order valence-corrected chi connectivity index (χ3v) is 11.2. The molecule has 2 atom stereocenters. The van der Waals surface area contributed by atoms with Crippen LogP contribution in [0.2, 0.25) is 0 Å². The average molecular weight is 667 g/mol. The number of allylic oxidation sites excluding steroid dienone is 1. The lowest BCUT2D eigenvalue weighted by atomic mass is 9.89. The summed E-state index contributed by atoms with van der Waals surface area (Å²) in [5, 5.41) is 13.0. The van der Waals surface area contributed by atoms with Gasteiger partial charge in [0.15, 0.2) is 0 Å². The molecule has 9 aromatic rings. The summed E-state index contributed by atoms with van der Waals surface area (Å²) >= 11 is 0. The van der Waals surface area contributed by atoms with Crippen LogP contribution >= 0.6 is 0 Å². The van der Waals surface area contributed by atoms with Crippen molar-refractivity contribution in [2.45, 2.75) is 13.0 Å². The summed E-state index contributed by atoms with van der Waals surface area (Å²) < 4.78 is 0. The van der Waals surface area contributed by atoms with Crippen molar-refractivity contribution in [2.24, 2.45) is 5.92 Å². The highest BCUT2D eigenvalue weighted by atomic mass is 15.2. The Morgan fingerprint density at radius 3 is 1.87 bits per heavy atom. The van der Waals surface area contributed by atoms with Crippen LogP contribution in [0, 0.1) is 5.92 Å². The van der Waals surface area contributed by atoms with Crippen LogP contribution in [0.25, 0.3) is 65.0 Å². The van der Waals surface area contributed by atoms with Gasteiger partial charge < -0.3 is 9.80 Å². The summed E-state index contributed by atoms with van der Waals surface area (Å²) in [6.07, 6.45) is 7.19. The molecule has 0 amide bonds. The molecule has 0 saturated heterocycles. The van der Waals surface area contributed by atoms with Gasteiger partial charge in [0, 0.05) is 46.5 Å². The SMILES string of the molecule is CC1C=C(N(C)c2ccc3c4cccc5cccc(c6cccc2c63)c54)C=CC1N(c1cccc(-c2ccccc2)c1)c1cccc2ccccc12. The largest absolute Gasteiger partial charge is 0.344 e. The standard InChI is InChI=1S/C50H38N2/c1-33-31-38(51(2)47-30-28-44-42-23-10-18-36-17-9-22-41(49(36)42)43-24-12-25-45(47)50(43)44)27-29-46(33)52(48-26-11-16-35-15-6-7-21-40(35)48)39-20-8-19-37(32-39)34-13-4-3-5-14-34/h3-33,46H,1-2H3. The summed E-state index contributed by atoms with van der Waals surface area (Å²) in [7, 11) is 2.22. The van der Waals surface area contributed by atoms with E-state index < -0.39 is 0 Å². The molecule has 52 heavy (non-hydrogen) atoms. The van der Waals surface area contributed by atoms with E-state index in [-0.39, 0.29) is 12.0 Å². The van der Waals surface area contributed by atoms with Crippen LogP contribution < -0.4 is 9.80 Å². The highest BCUT2D eigenvalue weighted by molar-refractivity contribution is 6.34. The second-order valence-electron chi connectivity index (χ2n) is 14.2. The van der Waals surface area contributed by atoms with Gasteiger partial charge in [-0.25, -0.2) is 0 Å². The summed E-state index contributed by atoms with van der Waals surface area (Å²) in [5.74, 6) is 0.228. The number of benzene rings is 9. The predicted molar refractivity (Wildman–Crippen MR) is 224 cm³/mol. The average Bonchev–Trinajstić information content (AvgIpc) is 3.20. The van der Waals surface area contributed by atoms with Crippen molar-refractivity contribution >= 4 is 70.9 Å². The van der Waals surface area contributed by atoms with Crippen LogP contribution in [-0.4, -0.2) is 13.1 Å². The third-order valence-electron chi connectivity index (χ3n) is 11.2. The monoisotopic (exact) mass is 666 g/mol.